The van der Waals surface area contributed by atoms with Crippen molar-refractivity contribution in [3.8, 4) is 0 Å². The van der Waals surface area contributed by atoms with Crippen LogP contribution in [0.1, 0.15) is 52.4 Å². The van der Waals surface area contributed by atoms with Crippen LogP contribution in [0.3, 0.4) is 0 Å². The number of unbranched alkanes of at least 4 members (excludes halogenated alkanes) is 1. The number of hydrogen-bond donors (Lipinski definition) is 1. The van der Waals surface area contributed by atoms with Gasteiger partial charge in [-0.25, -0.2) is 0 Å². The van der Waals surface area contributed by atoms with E-state index < -0.39 is 0 Å². The van der Waals surface area contributed by atoms with Gasteiger partial charge < -0.3 is 15.3 Å². The Balaban J connectivity index is 3.55. The Kier molecular flexibility index (Phi) is 13.1. The summed E-state index contributed by atoms with van der Waals surface area (Å²) in [5.41, 5.74) is 5.48. The van der Waals surface area contributed by atoms with Gasteiger partial charge in [0.1, 0.15) is 6.29 Å². The highest BCUT2D eigenvalue weighted by molar-refractivity contribution is 7.99. The zero-order valence-corrected chi connectivity index (χ0v) is 13.6. The number of carbonyl (C=O) groups excluding carboxylic acids is 2. The highest BCUT2D eigenvalue weighted by Crippen LogP contribution is 2.13. The van der Waals surface area contributed by atoms with Gasteiger partial charge in [-0.3, -0.25) is 4.79 Å². The van der Waals surface area contributed by atoms with Gasteiger partial charge in [0.25, 0.3) is 0 Å². The first-order chi connectivity index (χ1) is 9.63. The molecular formula is C15H29NO3S. The minimum Gasteiger partial charge on any atom is -0.465 e. The molecule has 0 heterocycles. The highest BCUT2D eigenvalue weighted by atomic mass is 32.2. The lowest BCUT2D eigenvalue weighted by molar-refractivity contribution is -0.144. The molecule has 4 nitrogen and oxygen atoms in total. The van der Waals surface area contributed by atoms with E-state index in [1.807, 2.05) is 0 Å². The molecule has 0 fully saturated rings. The topological polar surface area (TPSA) is 69.4 Å². The second-order valence-corrected chi connectivity index (χ2v) is 6.28. The van der Waals surface area contributed by atoms with Gasteiger partial charge in [-0.2, -0.15) is 11.8 Å². The minimum absolute atomic E-state index is 0.118. The van der Waals surface area contributed by atoms with Crippen molar-refractivity contribution in [3.05, 3.63) is 0 Å². The zero-order chi connectivity index (χ0) is 15.2. The molecule has 0 spiro atoms. The van der Waals surface area contributed by atoms with Crippen LogP contribution in [-0.4, -0.2) is 36.4 Å². The molecule has 2 unspecified atom stereocenters. The van der Waals surface area contributed by atoms with Gasteiger partial charge in [0.15, 0.2) is 0 Å². The lowest BCUT2D eigenvalue weighted by atomic mass is 10.0. The number of esters is 1. The largest absolute Gasteiger partial charge is 0.465 e. The van der Waals surface area contributed by atoms with Crippen LogP contribution in [0.15, 0.2) is 0 Å². The van der Waals surface area contributed by atoms with E-state index in [4.69, 9.17) is 10.5 Å². The summed E-state index contributed by atoms with van der Waals surface area (Å²) in [5, 5.41) is 0. The van der Waals surface area contributed by atoms with Crippen LogP contribution >= 0.6 is 11.8 Å². The molecular weight excluding hydrogens is 274 g/mol. The average Bonchev–Trinajstić information content (AvgIpc) is 2.46. The fourth-order valence-electron chi connectivity index (χ4n) is 1.73. The van der Waals surface area contributed by atoms with Crippen molar-refractivity contribution in [2.75, 3.05) is 18.1 Å². The Morgan fingerprint density at radius 2 is 2.05 bits per heavy atom. The Hall–Kier alpha value is -0.550. The molecule has 0 saturated heterocycles. The number of hydrogen-bond acceptors (Lipinski definition) is 5. The number of carbonyl (C=O) groups is 2. The molecule has 0 rings (SSSR count). The molecule has 20 heavy (non-hydrogen) atoms. The minimum atomic E-state index is -0.377. The Bertz CT molecular complexity index is 262. The first-order valence-corrected chi connectivity index (χ1v) is 8.73. The lowest BCUT2D eigenvalue weighted by Crippen LogP contribution is -2.22. The summed E-state index contributed by atoms with van der Waals surface area (Å²) in [5.74, 6) is 1.92. The van der Waals surface area contributed by atoms with Crippen molar-refractivity contribution in [1.29, 1.82) is 0 Å². The van der Waals surface area contributed by atoms with Crippen LogP contribution in [0.2, 0.25) is 0 Å². The van der Waals surface area contributed by atoms with Gasteiger partial charge in [-0.05, 0) is 24.5 Å². The molecule has 0 aliphatic carbocycles. The smallest absolute Gasteiger partial charge is 0.306 e. The fraction of sp³-hybridized carbons (Fsp3) is 0.867. The van der Waals surface area contributed by atoms with E-state index in [1.54, 1.807) is 11.8 Å². The standard InChI is InChI=1S/C15H29NO3S/c1-3-5-6-13(4-2)12-19-15(18)8-10-20-9-7-14(16)11-17/h11,13-14H,3-10,12,16H2,1-2H3. The molecule has 0 bridgehead atoms. The SMILES string of the molecule is CCCCC(CC)COC(=O)CCSCCC(N)C=O. The Morgan fingerprint density at radius 1 is 1.30 bits per heavy atom. The molecule has 0 aliphatic rings. The summed E-state index contributed by atoms with van der Waals surface area (Å²) in [6, 6.07) is -0.377. The van der Waals surface area contributed by atoms with Crippen molar-refractivity contribution in [3.63, 3.8) is 0 Å². The van der Waals surface area contributed by atoms with E-state index in [9.17, 15) is 9.59 Å². The van der Waals surface area contributed by atoms with Crippen LogP contribution in [0.25, 0.3) is 0 Å². The monoisotopic (exact) mass is 303 g/mol. The van der Waals surface area contributed by atoms with E-state index in [0.717, 1.165) is 30.6 Å². The number of ether oxygens (including phenoxy) is 1. The predicted octanol–water partition coefficient (Wildman–Crippen LogP) is 2.79. The molecule has 0 aromatic carbocycles. The van der Waals surface area contributed by atoms with Crippen molar-refractivity contribution in [1.82, 2.24) is 0 Å². The van der Waals surface area contributed by atoms with Crippen molar-refractivity contribution in [2.24, 2.45) is 11.7 Å². The van der Waals surface area contributed by atoms with E-state index in [1.165, 1.54) is 12.8 Å². The second kappa shape index (κ2) is 13.4. The molecule has 0 saturated carbocycles. The molecule has 118 valence electrons. The van der Waals surface area contributed by atoms with Crippen LogP contribution < -0.4 is 5.73 Å². The van der Waals surface area contributed by atoms with E-state index in [2.05, 4.69) is 13.8 Å². The summed E-state index contributed by atoms with van der Waals surface area (Å²) in [6.45, 7) is 4.86. The maximum Gasteiger partial charge on any atom is 0.306 e. The summed E-state index contributed by atoms with van der Waals surface area (Å²) in [4.78, 5) is 21.9. The molecule has 2 N–H and O–H groups in total. The summed E-state index contributed by atoms with van der Waals surface area (Å²) in [6.07, 6.45) is 6.44. The zero-order valence-electron chi connectivity index (χ0n) is 12.8. The van der Waals surface area contributed by atoms with E-state index >= 15 is 0 Å². The van der Waals surface area contributed by atoms with Gasteiger partial charge in [0.05, 0.1) is 19.1 Å². The Labute approximate surface area is 127 Å². The molecule has 0 aliphatic heterocycles. The summed E-state index contributed by atoms with van der Waals surface area (Å²) >= 11 is 1.64. The lowest BCUT2D eigenvalue weighted by Gasteiger charge is -2.14. The third-order valence-electron chi connectivity index (χ3n) is 3.24. The van der Waals surface area contributed by atoms with Gasteiger partial charge in [-0.1, -0.05) is 33.1 Å². The maximum absolute atomic E-state index is 11.6. The third-order valence-corrected chi connectivity index (χ3v) is 4.26. The molecule has 0 radical (unpaired) electrons. The normalized spacial score (nSPS) is 13.8. The van der Waals surface area contributed by atoms with Gasteiger partial charge in [0, 0.05) is 5.75 Å². The van der Waals surface area contributed by atoms with Crippen molar-refractivity contribution < 1.29 is 14.3 Å². The van der Waals surface area contributed by atoms with Crippen molar-refractivity contribution >= 4 is 24.0 Å². The summed E-state index contributed by atoms with van der Waals surface area (Å²) < 4.78 is 5.31. The molecule has 2 atom stereocenters. The molecule has 0 aromatic heterocycles. The molecule has 0 amide bonds. The van der Waals surface area contributed by atoms with Gasteiger partial charge in [0.2, 0.25) is 0 Å². The highest BCUT2D eigenvalue weighted by Gasteiger charge is 2.10. The van der Waals surface area contributed by atoms with Gasteiger partial charge >= 0.3 is 5.97 Å². The van der Waals surface area contributed by atoms with E-state index in [-0.39, 0.29) is 12.0 Å². The van der Waals surface area contributed by atoms with Crippen LogP contribution in [0.4, 0.5) is 0 Å². The first-order valence-electron chi connectivity index (χ1n) is 7.58. The van der Waals surface area contributed by atoms with Gasteiger partial charge in [-0.15, -0.1) is 0 Å². The van der Waals surface area contributed by atoms with Crippen LogP contribution in [-0.2, 0) is 14.3 Å². The second-order valence-electron chi connectivity index (χ2n) is 5.05. The van der Waals surface area contributed by atoms with Crippen LogP contribution in [0, 0.1) is 5.92 Å². The number of aldehydes is 1. The quantitative estimate of drug-likeness (QED) is 0.322. The van der Waals surface area contributed by atoms with Crippen molar-refractivity contribution in [2.45, 2.75) is 58.4 Å². The fourth-order valence-corrected chi connectivity index (χ4v) is 2.68. The number of nitrogens with two attached hydrogens (primary N) is 1. The molecule has 5 heteroatoms. The first kappa shape index (κ1) is 19.4. The summed E-state index contributed by atoms with van der Waals surface area (Å²) in [7, 11) is 0. The Morgan fingerprint density at radius 3 is 2.65 bits per heavy atom. The number of thioether (sulfide) groups is 1. The number of rotatable bonds is 13. The average molecular weight is 303 g/mol. The van der Waals surface area contributed by atoms with Crippen LogP contribution in [0.5, 0.6) is 0 Å². The maximum atomic E-state index is 11.6. The predicted molar refractivity (Wildman–Crippen MR) is 84.9 cm³/mol. The van der Waals surface area contributed by atoms with E-state index in [0.29, 0.717) is 25.4 Å². The third kappa shape index (κ3) is 11.3. The molecule has 0 aromatic rings.